The molecule has 6 nitrogen and oxygen atoms in total. The van der Waals surface area contributed by atoms with Gasteiger partial charge in [0.25, 0.3) is 5.91 Å². The van der Waals surface area contributed by atoms with Crippen LogP contribution in [0.1, 0.15) is 25.3 Å². The summed E-state index contributed by atoms with van der Waals surface area (Å²) in [6, 6.07) is 4.23. The molecule has 1 aliphatic carbocycles. The second kappa shape index (κ2) is 5.20. The van der Waals surface area contributed by atoms with Gasteiger partial charge in [-0.25, -0.2) is 0 Å². The zero-order chi connectivity index (χ0) is 14.1. The van der Waals surface area contributed by atoms with Crippen LogP contribution in [0, 0.1) is 0 Å². The van der Waals surface area contributed by atoms with Crippen LogP contribution in [-0.4, -0.2) is 24.8 Å². The Labute approximate surface area is 117 Å². The highest BCUT2D eigenvalue weighted by Crippen LogP contribution is 2.38. The van der Waals surface area contributed by atoms with Gasteiger partial charge in [0.1, 0.15) is 5.75 Å². The molecule has 0 aromatic heterocycles. The molecule has 0 bridgehead atoms. The number of primary amides is 1. The van der Waals surface area contributed by atoms with Crippen molar-refractivity contribution in [2.75, 3.05) is 6.79 Å². The summed E-state index contributed by atoms with van der Waals surface area (Å²) in [5, 5.41) is 3.41. The minimum absolute atomic E-state index is 0.208. The molecule has 1 saturated carbocycles. The lowest BCUT2D eigenvalue weighted by atomic mass is 10.1. The standard InChI is InChI=1S/C14H18N2O4/c1-8(14(15)17)20-11-5-13-12(18-7-19-13)4-9(11)6-16-10-2-3-10/h4-5,8,10,16H,2-3,6-7H2,1H3,(H2,15,17). The van der Waals surface area contributed by atoms with E-state index in [2.05, 4.69) is 5.32 Å². The number of carbonyl (C=O) groups is 1. The van der Waals surface area contributed by atoms with Crippen molar-refractivity contribution in [3.63, 3.8) is 0 Å². The van der Waals surface area contributed by atoms with Crippen LogP contribution < -0.4 is 25.3 Å². The first-order valence-corrected chi connectivity index (χ1v) is 6.75. The Kier molecular flexibility index (Phi) is 3.40. The summed E-state index contributed by atoms with van der Waals surface area (Å²) in [5.74, 6) is 1.45. The van der Waals surface area contributed by atoms with Crippen molar-refractivity contribution in [3.05, 3.63) is 17.7 Å². The third-order valence-corrected chi connectivity index (χ3v) is 3.42. The number of benzene rings is 1. The molecule has 1 atom stereocenters. The van der Waals surface area contributed by atoms with Crippen LogP contribution >= 0.6 is 0 Å². The Balaban J connectivity index is 1.81. The largest absolute Gasteiger partial charge is 0.480 e. The number of hydrogen-bond acceptors (Lipinski definition) is 5. The highest BCUT2D eigenvalue weighted by atomic mass is 16.7. The molecule has 2 aliphatic rings. The Morgan fingerprint density at radius 3 is 2.80 bits per heavy atom. The van der Waals surface area contributed by atoms with E-state index in [9.17, 15) is 4.79 Å². The number of rotatable bonds is 6. The maximum absolute atomic E-state index is 11.2. The zero-order valence-corrected chi connectivity index (χ0v) is 11.3. The van der Waals surface area contributed by atoms with Crippen LogP contribution in [0.15, 0.2) is 12.1 Å². The first-order chi connectivity index (χ1) is 9.63. The molecule has 1 aliphatic heterocycles. The minimum atomic E-state index is -0.685. The number of amides is 1. The van der Waals surface area contributed by atoms with E-state index in [1.54, 1.807) is 13.0 Å². The molecule has 3 N–H and O–H groups in total. The van der Waals surface area contributed by atoms with Crippen LogP contribution in [-0.2, 0) is 11.3 Å². The number of fused-ring (bicyclic) bond motifs is 1. The fraction of sp³-hybridized carbons (Fsp3) is 0.500. The zero-order valence-electron chi connectivity index (χ0n) is 11.3. The molecule has 108 valence electrons. The van der Waals surface area contributed by atoms with E-state index in [-0.39, 0.29) is 6.79 Å². The summed E-state index contributed by atoms with van der Waals surface area (Å²) in [6.07, 6.45) is 1.73. The summed E-state index contributed by atoms with van der Waals surface area (Å²) < 4.78 is 16.3. The van der Waals surface area contributed by atoms with Crippen LogP contribution in [0.5, 0.6) is 17.2 Å². The van der Waals surface area contributed by atoms with Gasteiger partial charge in [0.2, 0.25) is 6.79 Å². The highest BCUT2D eigenvalue weighted by molar-refractivity contribution is 5.78. The molecule has 1 aromatic carbocycles. The number of hydrogen-bond donors (Lipinski definition) is 2. The third-order valence-electron chi connectivity index (χ3n) is 3.42. The maximum atomic E-state index is 11.2. The predicted molar refractivity (Wildman–Crippen MR) is 71.7 cm³/mol. The smallest absolute Gasteiger partial charge is 0.258 e. The second-order valence-electron chi connectivity index (χ2n) is 5.13. The van der Waals surface area contributed by atoms with E-state index in [1.165, 1.54) is 12.8 Å². The Bertz CT molecular complexity index is 528. The monoisotopic (exact) mass is 278 g/mol. The summed E-state index contributed by atoms with van der Waals surface area (Å²) in [5.41, 5.74) is 6.18. The van der Waals surface area contributed by atoms with Crippen molar-refractivity contribution in [3.8, 4) is 17.2 Å². The molecule has 1 aromatic rings. The molecular formula is C14H18N2O4. The first-order valence-electron chi connectivity index (χ1n) is 6.75. The molecular weight excluding hydrogens is 260 g/mol. The van der Waals surface area contributed by atoms with E-state index in [1.807, 2.05) is 6.07 Å². The number of nitrogens with one attached hydrogen (secondary N) is 1. The quantitative estimate of drug-likeness (QED) is 0.808. The van der Waals surface area contributed by atoms with E-state index >= 15 is 0 Å². The van der Waals surface area contributed by atoms with Crippen molar-refractivity contribution in [2.24, 2.45) is 5.73 Å². The van der Waals surface area contributed by atoms with Gasteiger partial charge in [-0.15, -0.1) is 0 Å². The lowest BCUT2D eigenvalue weighted by Crippen LogP contribution is -2.31. The normalized spacial score (nSPS) is 17.9. The van der Waals surface area contributed by atoms with Crippen molar-refractivity contribution in [1.82, 2.24) is 5.32 Å². The lowest BCUT2D eigenvalue weighted by molar-refractivity contribution is -0.124. The fourth-order valence-corrected chi connectivity index (χ4v) is 2.00. The SMILES string of the molecule is CC(Oc1cc2c(cc1CNC1CC1)OCO2)C(N)=O. The molecule has 6 heteroatoms. The Hall–Kier alpha value is -1.95. The van der Waals surface area contributed by atoms with Crippen LogP contribution in [0.2, 0.25) is 0 Å². The topological polar surface area (TPSA) is 82.8 Å². The van der Waals surface area contributed by atoms with Gasteiger partial charge in [0.05, 0.1) is 0 Å². The van der Waals surface area contributed by atoms with E-state index in [0.717, 1.165) is 5.56 Å². The molecule has 1 fully saturated rings. The number of ether oxygens (including phenoxy) is 3. The number of nitrogens with two attached hydrogens (primary N) is 1. The maximum Gasteiger partial charge on any atom is 0.258 e. The molecule has 1 amide bonds. The van der Waals surface area contributed by atoms with Gasteiger partial charge in [0.15, 0.2) is 17.6 Å². The van der Waals surface area contributed by atoms with E-state index in [0.29, 0.717) is 29.8 Å². The predicted octanol–water partition coefficient (Wildman–Crippen LogP) is 0.920. The van der Waals surface area contributed by atoms with Crippen molar-refractivity contribution < 1.29 is 19.0 Å². The third kappa shape index (κ3) is 2.80. The van der Waals surface area contributed by atoms with Gasteiger partial charge in [0, 0.05) is 24.2 Å². The van der Waals surface area contributed by atoms with E-state index in [4.69, 9.17) is 19.9 Å². The van der Waals surface area contributed by atoms with Gasteiger partial charge >= 0.3 is 0 Å². The summed E-state index contributed by atoms with van der Waals surface area (Å²) in [4.78, 5) is 11.2. The average Bonchev–Trinajstić information content (AvgIpc) is 3.13. The highest BCUT2D eigenvalue weighted by Gasteiger charge is 2.24. The Morgan fingerprint density at radius 2 is 2.15 bits per heavy atom. The molecule has 0 radical (unpaired) electrons. The fourth-order valence-electron chi connectivity index (χ4n) is 2.00. The summed E-state index contributed by atoms with van der Waals surface area (Å²) >= 11 is 0. The van der Waals surface area contributed by atoms with Crippen molar-refractivity contribution in [2.45, 2.75) is 38.5 Å². The van der Waals surface area contributed by atoms with Gasteiger partial charge in [-0.3, -0.25) is 4.79 Å². The second-order valence-corrected chi connectivity index (χ2v) is 5.13. The molecule has 0 spiro atoms. The van der Waals surface area contributed by atoms with Gasteiger partial charge in [-0.05, 0) is 25.8 Å². The van der Waals surface area contributed by atoms with E-state index < -0.39 is 12.0 Å². The van der Waals surface area contributed by atoms with Gasteiger partial charge in [-0.2, -0.15) is 0 Å². The summed E-state index contributed by atoms with van der Waals surface area (Å²) in [6.45, 7) is 2.51. The summed E-state index contributed by atoms with van der Waals surface area (Å²) in [7, 11) is 0. The van der Waals surface area contributed by atoms with Crippen molar-refractivity contribution >= 4 is 5.91 Å². The van der Waals surface area contributed by atoms with Gasteiger partial charge in [-0.1, -0.05) is 0 Å². The molecule has 0 saturated heterocycles. The Morgan fingerprint density at radius 1 is 1.45 bits per heavy atom. The number of carbonyl (C=O) groups excluding carboxylic acids is 1. The molecule has 3 rings (SSSR count). The van der Waals surface area contributed by atoms with Gasteiger partial charge < -0.3 is 25.3 Å². The minimum Gasteiger partial charge on any atom is -0.480 e. The first kappa shape index (κ1) is 13.1. The molecule has 1 unspecified atom stereocenters. The van der Waals surface area contributed by atoms with Crippen LogP contribution in [0.25, 0.3) is 0 Å². The molecule has 20 heavy (non-hydrogen) atoms. The average molecular weight is 278 g/mol. The van der Waals surface area contributed by atoms with Crippen LogP contribution in [0.4, 0.5) is 0 Å². The molecule has 1 heterocycles. The van der Waals surface area contributed by atoms with Crippen molar-refractivity contribution in [1.29, 1.82) is 0 Å². The lowest BCUT2D eigenvalue weighted by Gasteiger charge is -2.16. The van der Waals surface area contributed by atoms with Crippen LogP contribution in [0.3, 0.4) is 0 Å².